The summed E-state index contributed by atoms with van der Waals surface area (Å²) in [4.78, 5) is 14.3. The minimum atomic E-state index is -3.40. The number of fused-ring (bicyclic) bond motifs is 1. The van der Waals surface area contributed by atoms with E-state index in [-0.39, 0.29) is 6.42 Å². The molecule has 0 radical (unpaired) electrons. The maximum atomic E-state index is 12.3. The number of nitrogens with one attached hydrogen (secondary N) is 2. The first kappa shape index (κ1) is 22.8. The molecule has 3 N–H and O–H groups in total. The van der Waals surface area contributed by atoms with E-state index in [9.17, 15) is 13.2 Å². The fraction of sp³-hybridized carbons (Fsp3) is 0.348. The standard InChI is InChI=1S/C23H29N3O4S/c1-17-15-20-16-19(10-13-22(20)24-17)18-8-11-21(12-9-18)26(31(2,29)30)14-6-4-3-5-7-23(27)25-28/h8-13,15-16,24,28H,3-7,14H2,1-2H3,(H,25,27). The molecular weight excluding hydrogens is 414 g/mol. The molecule has 0 aliphatic rings. The molecule has 2 aromatic carbocycles. The predicted octanol–water partition coefficient (Wildman–Crippen LogP) is 4.37. The van der Waals surface area contributed by atoms with Crippen LogP contribution in [0.5, 0.6) is 0 Å². The summed E-state index contributed by atoms with van der Waals surface area (Å²) in [5, 5.41) is 9.64. The van der Waals surface area contributed by atoms with Gasteiger partial charge in [-0.1, -0.05) is 31.0 Å². The van der Waals surface area contributed by atoms with Gasteiger partial charge < -0.3 is 4.98 Å². The van der Waals surface area contributed by atoms with Crippen molar-refractivity contribution >= 4 is 32.5 Å². The number of hydroxylamine groups is 1. The Labute approximate surface area is 183 Å². The maximum absolute atomic E-state index is 12.3. The zero-order chi connectivity index (χ0) is 22.4. The monoisotopic (exact) mass is 443 g/mol. The van der Waals surface area contributed by atoms with Crippen molar-refractivity contribution in [3.8, 4) is 11.1 Å². The Morgan fingerprint density at radius 2 is 1.68 bits per heavy atom. The lowest BCUT2D eigenvalue weighted by molar-refractivity contribution is -0.129. The molecule has 0 aliphatic heterocycles. The predicted molar refractivity (Wildman–Crippen MR) is 124 cm³/mol. The number of carbonyl (C=O) groups excluding carboxylic acids is 1. The minimum Gasteiger partial charge on any atom is -0.359 e. The van der Waals surface area contributed by atoms with E-state index in [1.165, 1.54) is 10.6 Å². The summed E-state index contributed by atoms with van der Waals surface area (Å²) in [6.45, 7) is 2.42. The third-order valence-electron chi connectivity index (χ3n) is 5.28. The number of anilines is 1. The average Bonchev–Trinajstić information content (AvgIpc) is 3.11. The van der Waals surface area contributed by atoms with Crippen molar-refractivity contribution in [3.63, 3.8) is 0 Å². The van der Waals surface area contributed by atoms with Crippen molar-refractivity contribution in [2.24, 2.45) is 0 Å². The Morgan fingerprint density at radius 3 is 2.35 bits per heavy atom. The van der Waals surface area contributed by atoms with Crippen molar-refractivity contribution in [2.75, 3.05) is 17.1 Å². The molecule has 0 fully saturated rings. The van der Waals surface area contributed by atoms with Crippen LogP contribution in [0.4, 0.5) is 5.69 Å². The van der Waals surface area contributed by atoms with Gasteiger partial charge in [-0.25, -0.2) is 13.9 Å². The third-order valence-corrected chi connectivity index (χ3v) is 6.48. The Balaban J connectivity index is 1.65. The summed E-state index contributed by atoms with van der Waals surface area (Å²) in [6.07, 6.45) is 4.44. The third kappa shape index (κ3) is 6.08. The van der Waals surface area contributed by atoms with Gasteiger partial charge in [0.1, 0.15) is 0 Å². The van der Waals surface area contributed by atoms with E-state index in [1.54, 1.807) is 5.48 Å². The lowest BCUT2D eigenvalue weighted by atomic mass is 10.0. The van der Waals surface area contributed by atoms with E-state index in [0.29, 0.717) is 25.1 Å². The van der Waals surface area contributed by atoms with Crippen LogP contribution < -0.4 is 9.79 Å². The van der Waals surface area contributed by atoms with Crippen molar-refractivity contribution in [3.05, 3.63) is 54.2 Å². The van der Waals surface area contributed by atoms with Gasteiger partial charge in [0.05, 0.1) is 11.9 Å². The van der Waals surface area contributed by atoms with Gasteiger partial charge in [-0.05, 0) is 61.2 Å². The molecule has 1 heterocycles. The lowest BCUT2D eigenvalue weighted by Gasteiger charge is -2.22. The zero-order valence-corrected chi connectivity index (χ0v) is 18.7. The molecule has 1 amide bonds. The lowest BCUT2D eigenvalue weighted by Crippen LogP contribution is -2.30. The van der Waals surface area contributed by atoms with E-state index in [4.69, 9.17) is 5.21 Å². The summed E-state index contributed by atoms with van der Waals surface area (Å²) in [7, 11) is -3.40. The highest BCUT2D eigenvalue weighted by molar-refractivity contribution is 7.92. The van der Waals surface area contributed by atoms with Gasteiger partial charge in [0.25, 0.3) is 0 Å². The average molecular weight is 444 g/mol. The number of aromatic amines is 1. The van der Waals surface area contributed by atoms with Gasteiger partial charge in [0, 0.05) is 29.6 Å². The van der Waals surface area contributed by atoms with E-state index < -0.39 is 15.9 Å². The van der Waals surface area contributed by atoms with E-state index in [0.717, 1.165) is 40.6 Å². The van der Waals surface area contributed by atoms with Crippen molar-refractivity contribution in [1.29, 1.82) is 0 Å². The summed E-state index contributed by atoms with van der Waals surface area (Å²) < 4.78 is 26.1. The van der Waals surface area contributed by atoms with Crippen molar-refractivity contribution in [2.45, 2.75) is 39.0 Å². The van der Waals surface area contributed by atoms with E-state index in [1.807, 2.05) is 31.2 Å². The number of benzene rings is 2. The first-order valence-electron chi connectivity index (χ1n) is 10.4. The number of amides is 1. The fourth-order valence-electron chi connectivity index (χ4n) is 3.71. The van der Waals surface area contributed by atoms with Crippen molar-refractivity contribution in [1.82, 2.24) is 10.5 Å². The zero-order valence-electron chi connectivity index (χ0n) is 17.9. The van der Waals surface area contributed by atoms with Gasteiger partial charge >= 0.3 is 0 Å². The number of sulfonamides is 1. The van der Waals surface area contributed by atoms with Gasteiger partial charge in [-0.15, -0.1) is 0 Å². The first-order chi connectivity index (χ1) is 14.8. The maximum Gasteiger partial charge on any atom is 0.243 e. The second-order valence-electron chi connectivity index (χ2n) is 7.84. The SMILES string of the molecule is Cc1cc2cc(-c3ccc(N(CCCCCCC(=O)NO)S(C)(=O)=O)cc3)ccc2[nH]1. The van der Waals surface area contributed by atoms with Crippen LogP contribution in [0.1, 0.15) is 37.8 Å². The summed E-state index contributed by atoms with van der Waals surface area (Å²) >= 11 is 0. The number of H-pyrrole nitrogens is 1. The number of carbonyl (C=O) groups is 1. The van der Waals surface area contributed by atoms with Gasteiger partial charge in [-0.3, -0.25) is 14.3 Å². The Morgan fingerprint density at radius 1 is 1.00 bits per heavy atom. The quantitative estimate of drug-likeness (QED) is 0.246. The molecule has 7 nitrogen and oxygen atoms in total. The minimum absolute atomic E-state index is 0.266. The molecule has 31 heavy (non-hydrogen) atoms. The molecule has 0 spiro atoms. The molecule has 8 heteroatoms. The molecule has 0 saturated carbocycles. The van der Waals surface area contributed by atoms with Gasteiger partial charge in [-0.2, -0.15) is 0 Å². The topological polar surface area (TPSA) is 102 Å². The Hall–Kier alpha value is -2.84. The highest BCUT2D eigenvalue weighted by atomic mass is 32.2. The number of hydrogen-bond donors (Lipinski definition) is 3. The van der Waals surface area contributed by atoms with Crippen LogP contribution >= 0.6 is 0 Å². The van der Waals surface area contributed by atoms with Crippen LogP contribution in [-0.2, 0) is 14.8 Å². The number of rotatable bonds is 10. The molecule has 166 valence electrons. The van der Waals surface area contributed by atoms with E-state index >= 15 is 0 Å². The second-order valence-corrected chi connectivity index (χ2v) is 9.74. The molecule has 0 unspecified atom stereocenters. The van der Waals surface area contributed by atoms with Crippen LogP contribution in [0.25, 0.3) is 22.0 Å². The fourth-order valence-corrected chi connectivity index (χ4v) is 4.68. The van der Waals surface area contributed by atoms with Crippen LogP contribution in [0.15, 0.2) is 48.5 Å². The van der Waals surface area contributed by atoms with Crippen LogP contribution in [0, 0.1) is 6.92 Å². The number of unbranched alkanes of at least 4 members (excludes halogenated alkanes) is 3. The summed E-state index contributed by atoms with van der Waals surface area (Å²) in [5.74, 6) is -0.399. The summed E-state index contributed by atoms with van der Waals surface area (Å²) in [6, 6.07) is 15.9. The molecule has 0 saturated heterocycles. The molecule has 1 aromatic heterocycles. The summed E-state index contributed by atoms with van der Waals surface area (Å²) in [5.41, 5.74) is 6.57. The van der Waals surface area contributed by atoms with E-state index in [2.05, 4.69) is 29.2 Å². The van der Waals surface area contributed by atoms with Crippen LogP contribution in [0.3, 0.4) is 0 Å². The molecule has 0 aliphatic carbocycles. The smallest absolute Gasteiger partial charge is 0.243 e. The first-order valence-corrected chi connectivity index (χ1v) is 12.2. The molecular formula is C23H29N3O4S. The molecule has 0 atom stereocenters. The Kier molecular flexibility index (Phi) is 7.35. The number of hydrogen-bond acceptors (Lipinski definition) is 4. The van der Waals surface area contributed by atoms with Gasteiger partial charge in [0.15, 0.2) is 0 Å². The highest BCUT2D eigenvalue weighted by Crippen LogP contribution is 2.28. The number of nitrogens with zero attached hydrogens (tertiary/aromatic N) is 1. The van der Waals surface area contributed by atoms with Crippen LogP contribution in [0.2, 0.25) is 0 Å². The van der Waals surface area contributed by atoms with Crippen LogP contribution in [-0.4, -0.2) is 37.3 Å². The largest absolute Gasteiger partial charge is 0.359 e. The highest BCUT2D eigenvalue weighted by Gasteiger charge is 2.17. The van der Waals surface area contributed by atoms with Gasteiger partial charge in [0.2, 0.25) is 15.9 Å². The second kappa shape index (κ2) is 9.98. The molecule has 0 bridgehead atoms. The molecule has 3 aromatic rings. The normalized spacial score (nSPS) is 11.6. The Bertz CT molecular complexity index is 1140. The van der Waals surface area contributed by atoms with Crippen molar-refractivity contribution < 1.29 is 18.4 Å². The number of aryl methyl sites for hydroxylation is 1. The number of aromatic nitrogens is 1. The molecule has 3 rings (SSSR count).